The minimum Gasteiger partial charge on any atom is -0.462 e. The lowest BCUT2D eigenvalue weighted by molar-refractivity contribution is -0.332. The molecule has 434 valence electrons. The van der Waals surface area contributed by atoms with E-state index in [1.807, 2.05) is 0 Å². The SMILES string of the molecule is CC/C=C/C/C=C/C/C=C/C/C=C/C/C=C/CCCCCC(=O)OC[C@H](CO[C@H]1O[C@@H](CO[C@H]2O[C@@H](CO)[C@@H](O)C(O)C2O)[C@@H](O)C(O)C1O)OC(=O)CCCCCCCCCCCCCCCCCCCCCC. The molecule has 0 spiro atoms. The molecule has 2 aliphatic rings. The summed E-state index contributed by atoms with van der Waals surface area (Å²) < 4.78 is 33.7. The number of ether oxygens (including phenoxy) is 6. The Morgan fingerprint density at radius 3 is 1.32 bits per heavy atom. The van der Waals surface area contributed by atoms with Crippen LogP contribution in [0.5, 0.6) is 0 Å². The second-order valence-corrected chi connectivity index (χ2v) is 20.4. The number of hydrogen-bond acceptors (Lipinski definition) is 15. The zero-order valence-electron chi connectivity index (χ0n) is 46.3. The number of rotatable bonds is 46. The van der Waals surface area contributed by atoms with E-state index in [9.17, 15) is 45.3 Å². The van der Waals surface area contributed by atoms with Crippen molar-refractivity contribution in [1.82, 2.24) is 0 Å². The van der Waals surface area contributed by atoms with Gasteiger partial charge in [0.1, 0.15) is 55.4 Å². The summed E-state index contributed by atoms with van der Waals surface area (Å²) in [6, 6.07) is 0. The first-order chi connectivity index (χ1) is 36.5. The molecule has 2 heterocycles. The van der Waals surface area contributed by atoms with Crippen molar-refractivity contribution >= 4 is 11.9 Å². The second kappa shape index (κ2) is 46.1. The predicted molar refractivity (Wildman–Crippen MR) is 293 cm³/mol. The maximum Gasteiger partial charge on any atom is 0.306 e. The fraction of sp³-hybridized carbons (Fsp3) is 0.800. The molecular weight excluding hydrogens is 961 g/mol. The van der Waals surface area contributed by atoms with Crippen LogP contribution < -0.4 is 0 Å². The lowest BCUT2D eigenvalue weighted by Gasteiger charge is -2.42. The number of hydrogen-bond donors (Lipinski definition) is 7. The van der Waals surface area contributed by atoms with Crippen LogP contribution in [0.25, 0.3) is 0 Å². The molecule has 75 heavy (non-hydrogen) atoms. The van der Waals surface area contributed by atoms with Crippen molar-refractivity contribution in [2.75, 3.05) is 26.4 Å². The highest BCUT2D eigenvalue weighted by Crippen LogP contribution is 2.27. The van der Waals surface area contributed by atoms with E-state index in [2.05, 4.69) is 74.6 Å². The van der Waals surface area contributed by atoms with Crippen LogP contribution in [0.2, 0.25) is 0 Å². The minimum atomic E-state index is -1.77. The van der Waals surface area contributed by atoms with Crippen LogP contribution in [0.3, 0.4) is 0 Å². The highest BCUT2D eigenvalue weighted by molar-refractivity contribution is 5.70. The summed E-state index contributed by atoms with van der Waals surface area (Å²) in [5.74, 6) is -0.957. The number of carbonyl (C=O) groups excluding carboxylic acids is 2. The normalized spacial score (nSPS) is 24.9. The Bertz CT molecular complexity index is 1530. The molecule has 0 aromatic rings. The Morgan fingerprint density at radius 1 is 0.440 bits per heavy atom. The van der Waals surface area contributed by atoms with E-state index in [1.165, 1.54) is 103 Å². The van der Waals surface area contributed by atoms with Crippen molar-refractivity contribution in [3.8, 4) is 0 Å². The number of esters is 2. The van der Waals surface area contributed by atoms with Gasteiger partial charge in [-0.25, -0.2) is 0 Å². The smallest absolute Gasteiger partial charge is 0.306 e. The summed E-state index contributed by atoms with van der Waals surface area (Å²) in [6.45, 7) is 2.47. The van der Waals surface area contributed by atoms with Crippen molar-refractivity contribution in [2.45, 2.75) is 280 Å². The molecule has 0 aromatic carbocycles. The molecule has 0 aliphatic carbocycles. The Balaban J connectivity index is 1.76. The largest absolute Gasteiger partial charge is 0.462 e. The van der Waals surface area contributed by atoms with Gasteiger partial charge in [0, 0.05) is 12.8 Å². The standard InChI is InChI=1S/C60H104O15/c1-3-5-7-9-11-13-15-17-19-21-23-25-27-29-31-33-35-37-39-41-43-52(63)73-48(45-70-51(62)42-40-38-36-34-32-30-28-26-24-22-20-18-16-14-12-10-8-6-4-2)46-71-59-58(69)56(67)54(65)50(75-59)47-72-60-57(68)55(66)53(64)49(44-61)74-60/h6,8,12,14,18,20,24,26,30,32,48-50,53-61,64-69H,3-5,7,9-11,13,15-17,19,21-23,25,27-29,31,33-47H2,1-2H3/b8-6+,14-12+,20-18+,26-24+,32-30+/t48-,49+,50+,53-,54-,55?,56?,57?,58?,59+,60+/m1/s1. The average molecular weight is 1070 g/mol. The van der Waals surface area contributed by atoms with Crippen molar-refractivity contribution in [2.24, 2.45) is 0 Å². The highest BCUT2D eigenvalue weighted by atomic mass is 16.7. The molecule has 2 saturated heterocycles. The zero-order chi connectivity index (χ0) is 54.6. The number of allylic oxidation sites excluding steroid dienone is 10. The lowest BCUT2D eigenvalue weighted by Crippen LogP contribution is -2.61. The van der Waals surface area contributed by atoms with Gasteiger partial charge >= 0.3 is 11.9 Å². The van der Waals surface area contributed by atoms with Gasteiger partial charge in [-0.15, -0.1) is 0 Å². The number of aliphatic hydroxyl groups is 7. The number of carbonyl (C=O) groups is 2. The monoisotopic (exact) mass is 1060 g/mol. The van der Waals surface area contributed by atoms with Crippen LogP contribution >= 0.6 is 0 Å². The Labute approximate surface area is 451 Å². The van der Waals surface area contributed by atoms with Gasteiger partial charge in [0.15, 0.2) is 18.7 Å². The van der Waals surface area contributed by atoms with Crippen LogP contribution in [-0.4, -0.2) is 142 Å². The van der Waals surface area contributed by atoms with Gasteiger partial charge in [0.2, 0.25) is 0 Å². The molecule has 0 aromatic heterocycles. The van der Waals surface area contributed by atoms with Gasteiger partial charge in [-0.2, -0.15) is 0 Å². The van der Waals surface area contributed by atoms with Gasteiger partial charge in [-0.1, -0.05) is 203 Å². The van der Waals surface area contributed by atoms with Crippen LogP contribution in [0.15, 0.2) is 60.8 Å². The molecule has 2 aliphatic heterocycles. The first kappa shape index (κ1) is 68.3. The molecule has 11 atom stereocenters. The van der Waals surface area contributed by atoms with Gasteiger partial charge in [0.05, 0.1) is 19.8 Å². The summed E-state index contributed by atoms with van der Waals surface area (Å²) in [5, 5.41) is 72.3. The van der Waals surface area contributed by atoms with Crippen molar-refractivity contribution < 1.29 is 73.8 Å². The average Bonchev–Trinajstić information content (AvgIpc) is 3.40. The van der Waals surface area contributed by atoms with Crippen LogP contribution in [0, 0.1) is 0 Å². The quantitative estimate of drug-likeness (QED) is 0.0171. The fourth-order valence-corrected chi connectivity index (χ4v) is 9.01. The second-order valence-electron chi connectivity index (χ2n) is 20.4. The van der Waals surface area contributed by atoms with E-state index in [4.69, 9.17) is 28.4 Å². The summed E-state index contributed by atoms with van der Waals surface area (Å²) in [7, 11) is 0. The Kier molecular flexibility index (Phi) is 42.0. The predicted octanol–water partition coefficient (Wildman–Crippen LogP) is 10.00. The van der Waals surface area contributed by atoms with E-state index >= 15 is 0 Å². The third kappa shape index (κ3) is 33.3. The maximum absolute atomic E-state index is 13.1. The van der Waals surface area contributed by atoms with E-state index in [-0.39, 0.29) is 19.4 Å². The third-order valence-electron chi connectivity index (χ3n) is 13.8. The van der Waals surface area contributed by atoms with E-state index in [0.717, 1.165) is 70.6 Å². The summed E-state index contributed by atoms with van der Waals surface area (Å²) >= 11 is 0. The summed E-state index contributed by atoms with van der Waals surface area (Å²) in [4.78, 5) is 25.9. The van der Waals surface area contributed by atoms with Crippen molar-refractivity contribution in [3.05, 3.63) is 60.8 Å². The van der Waals surface area contributed by atoms with Crippen LogP contribution in [0.4, 0.5) is 0 Å². The first-order valence-electron chi connectivity index (χ1n) is 29.4. The highest BCUT2D eigenvalue weighted by Gasteiger charge is 2.47. The van der Waals surface area contributed by atoms with Gasteiger partial charge < -0.3 is 64.2 Å². The first-order valence-corrected chi connectivity index (χ1v) is 29.4. The molecule has 0 bridgehead atoms. The number of aliphatic hydroxyl groups excluding tert-OH is 7. The molecule has 2 rings (SSSR count). The molecule has 2 fully saturated rings. The molecule has 0 amide bonds. The summed E-state index contributed by atoms with van der Waals surface area (Å²) in [6.07, 6.45) is 38.1. The molecule has 7 N–H and O–H groups in total. The van der Waals surface area contributed by atoms with Gasteiger partial charge in [-0.05, 0) is 57.8 Å². The Morgan fingerprint density at radius 2 is 0.840 bits per heavy atom. The van der Waals surface area contributed by atoms with E-state index < -0.39 is 99.3 Å². The van der Waals surface area contributed by atoms with E-state index in [1.54, 1.807) is 0 Å². The molecule has 15 nitrogen and oxygen atoms in total. The third-order valence-corrected chi connectivity index (χ3v) is 13.8. The van der Waals surface area contributed by atoms with Crippen molar-refractivity contribution in [1.29, 1.82) is 0 Å². The lowest BCUT2D eigenvalue weighted by atomic mass is 9.98. The van der Waals surface area contributed by atoms with Gasteiger partial charge in [0.25, 0.3) is 0 Å². The van der Waals surface area contributed by atoms with Gasteiger partial charge in [-0.3, -0.25) is 9.59 Å². The Hall–Kier alpha value is -2.80. The summed E-state index contributed by atoms with van der Waals surface area (Å²) in [5.41, 5.74) is 0. The molecule has 4 unspecified atom stereocenters. The maximum atomic E-state index is 13.1. The minimum absolute atomic E-state index is 0.159. The topological polar surface area (TPSA) is 231 Å². The fourth-order valence-electron chi connectivity index (χ4n) is 9.01. The molecular formula is C60H104O15. The zero-order valence-corrected chi connectivity index (χ0v) is 46.3. The molecule has 0 saturated carbocycles. The number of unbranched alkanes of at least 4 members (excludes halogenated alkanes) is 22. The van der Waals surface area contributed by atoms with Crippen LogP contribution in [-0.2, 0) is 38.0 Å². The van der Waals surface area contributed by atoms with Crippen LogP contribution in [0.1, 0.15) is 213 Å². The molecule has 15 heteroatoms. The molecule has 0 radical (unpaired) electrons. The van der Waals surface area contributed by atoms with Crippen molar-refractivity contribution in [3.63, 3.8) is 0 Å². The van der Waals surface area contributed by atoms with E-state index in [0.29, 0.717) is 12.8 Å².